The molecule has 4 nitrogen and oxygen atoms in total. The average molecular weight is 301 g/mol. The molecule has 106 valence electrons. The Balaban J connectivity index is 2.33. The minimum Gasteiger partial charge on any atom is -0.366 e. The third-order valence-electron chi connectivity index (χ3n) is 2.46. The summed E-state index contributed by atoms with van der Waals surface area (Å²) in [5.74, 6) is -0.583. The molecule has 0 fully saturated rings. The van der Waals surface area contributed by atoms with Gasteiger partial charge in [-0.05, 0) is 24.3 Å². The van der Waals surface area contributed by atoms with Crippen molar-refractivity contribution in [1.82, 2.24) is 9.78 Å². The lowest BCUT2D eigenvalue weighted by molar-refractivity contribution is -0.141. The maximum Gasteiger partial charge on any atom is 0.435 e. The zero-order chi connectivity index (χ0) is 14.9. The SMILES string of the molecule is Cn1nc(C(F)(F)F)cc1-c1ccc(/C=C/C(N)=O)s1. The molecule has 8 heteroatoms. The standard InChI is InChI=1S/C12H10F3N3OS/c1-18-8(6-10(17-18)12(13,14)15)9-4-2-7(20-9)3-5-11(16)19/h2-6H,1H3,(H2,16,19)/b5-3+. The molecule has 2 aromatic rings. The number of hydrogen-bond donors (Lipinski definition) is 1. The summed E-state index contributed by atoms with van der Waals surface area (Å²) in [6, 6.07) is 4.36. The first-order valence-corrected chi connectivity index (χ1v) is 6.28. The summed E-state index contributed by atoms with van der Waals surface area (Å²) < 4.78 is 38.9. The number of aryl methyl sites for hydroxylation is 1. The van der Waals surface area contributed by atoms with Crippen molar-refractivity contribution in [3.8, 4) is 10.6 Å². The first-order chi connectivity index (χ1) is 9.27. The molecule has 0 spiro atoms. The maximum atomic E-state index is 12.6. The number of thiophene rings is 1. The lowest BCUT2D eigenvalue weighted by atomic mass is 10.3. The smallest absolute Gasteiger partial charge is 0.366 e. The van der Waals surface area contributed by atoms with Gasteiger partial charge in [-0.3, -0.25) is 9.48 Å². The van der Waals surface area contributed by atoms with Gasteiger partial charge >= 0.3 is 6.18 Å². The number of primary amides is 1. The Morgan fingerprint density at radius 3 is 2.70 bits per heavy atom. The van der Waals surface area contributed by atoms with E-state index in [0.29, 0.717) is 15.4 Å². The van der Waals surface area contributed by atoms with E-state index in [9.17, 15) is 18.0 Å². The first kappa shape index (κ1) is 14.3. The molecule has 1 amide bonds. The van der Waals surface area contributed by atoms with Gasteiger partial charge in [-0.25, -0.2) is 0 Å². The number of carbonyl (C=O) groups is 1. The van der Waals surface area contributed by atoms with Crippen LogP contribution in [0, 0.1) is 0 Å². The minimum absolute atomic E-state index is 0.362. The number of halogens is 3. The normalized spacial score (nSPS) is 12.2. The molecular weight excluding hydrogens is 291 g/mol. The monoisotopic (exact) mass is 301 g/mol. The van der Waals surface area contributed by atoms with E-state index in [1.165, 1.54) is 35.2 Å². The van der Waals surface area contributed by atoms with Crippen LogP contribution in [-0.4, -0.2) is 15.7 Å². The van der Waals surface area contributed by atoms with Gasteiger partial charge in [0.25, 0.3) is 0 Å². The van der Waals surface area contributed by atoms with Crippen LogP contribution in [0.15, 0.2) is 24.3 Å². The number of nitrogens with two attached hydrogens (primary N) is 1. The molecule has 0 aliphatic rings. The number of alkyl halides is 3. The van der Waals surface area contributed by atoms with Crippen LogP contribution in [0.2, 0.25) is 0 Å². The second-order valence-corrected chi connectivity index (χ2v) is 5.09. The van der Waals surface area contributed by atoms with Crippen molar-refractivity contribution in [3.63, 3.8) is 0 Å². The third-order valence-corrected chi connectivity index (χ3v) is 3.53. The van der Waals surface area contributed by atoms with Gasteiger partial charge in [-0.2, -0.15) is 18.3 Å². The Morgan fingerprint density at radius 1 is 1.45 bits per heavy atom. The molecule has 0 bridgehead atoms. The molecule has 0 saturated carbocycles. The van der Waals surface area contributed by atoms with Crippen LogP contribution in [0.3, 0.4) is 0 Å². The van der Waals surface area contributed by atoms with Crippen LogP contribution < -0.4 is 5.73 Å². The van der Waals surface area contributed by atoms with E-state index in [1.807, 2.05) is 0 Å². The van der Waals surface area contributed by atoms with Gasteiger partial charge in [0, 0.05) is 18.0 Å². The number of carbonyl (C=O) groups excluding carboxylic acids is 1. The van der Waals surface area contributed by atoms with Crippen LogP contribution in [0.1, 0.15) is 10.6 Å². The van der Waals surface area contributed by atoms with Gasteiger partial charge in [0.1, 0.15) is 0 Å². The Kier molecular flexibility index (Phi) is 3.67. The molecule has 0 atom stereocenters. The van der Waals surface area contributed by atoms with Gasteiger partial charge in [-0.1, -0.05) is 0 Å². The summed E-state index contributed by atoms with van der Waals surface area (Å²) in [7, 11) is 1.45. The Morgan fingerprint density at radius 2 is 2.15 bits per heavy atom. The van der Waals surface area contributed by atoms with Crippen LogP contribution >= 0.6 is 11.3 Å². The van der Waals surface area contributed by atoms with Crippen molar-refractivity contribution in [2.45, 2.75) is 6.18 Å². The van der Waals surface area contributed by atoms with Crippen molar-refractivity contribution >= 4 is 23.3 Å². The number of nitrogens with zero attached hydrogens (tertiary/aromatic N) is 2. The van der Waals surface area contributed by atoms with Gasteiger partial charge in [0.05, 0.1) is 10.6 Å². The Bertz CT molecular complexity index is 670. The summed E-state index contributed by atoms with van der Waals surface area (Å²) in [4.78, 5) is 12.0. The van der Waals surface area contributed by atoms with Crippen LogP contribution in [0.25, 0.3) is 16.6 Å². The second kappa shape index (κ2) is 5.12. The van der Waals surface area contributed by atoms with Crippen LogP contribution in [0.4, 0.5) is 13.2 Å². The fourth-order valence-electron chi connectivity index (χ4n) is 1.58. The van der Waals surface area contributed by atoms with Crippen molar-refractivity contribution < 1.29 is 18.0 Å². The lowest BCUT2D eigenvalue weighted by Gasteiger charge is -1.98. The lowest BCUT2D eigenvalue weighted by Crippen LogP contribution is -2.06. The highest BCUT2D eigenvalue weighted by Gasteiger charge is 2.34. The zero-order valence-corrected chi connectivity index (χ0v) is 11.1. The van der Waals surface area contributed by atoms with Gasteiger partial charge in [-0.15, -0.1) is 11.3 Å². The number of rotatable bonds is 3. The summed E-state index contributed by atoms with van der Waals surface area (Å²) in [5, 5.41) is 3.45. The van der Waals surface area contributed by atoms with E-state index in [2.05, 4.69) is 5.10 Å². The maximum absolute atomic E-state index is 12.6. The molecule has 2 aromatic heterocycles. The number of amides is 1. The molecule has 0 radical (unpaired) electrons. The van der Waals surface area contributed by atoms with Gasteiger partial charge < -0.3 is 5.73 Å². The van der Waals surface area contributed by atoms with E-state index in [4.69, 9.17) is 5.73 Å². The second-order valence-electron chi connectivity index (χ2n) is 3.97. The summed E-state index contributed by atoms with van der Waals surface area (Å²) in [6.45, 7) is 0. The topological polar surface area (TPSA) is 60.9 Å². The summed E-state index contributed by atoms with van der Waals surface area (Å²) in [5.41, 5.74) is 4.40. The molecule has 0 aliphatic heterocycles. The van der Waals surface area contributed by atoms with E-state index in [1.54, 1.807) is 12.1 Å². The van der Waals surface area contributed by atoms with Crippen molar-refractivity contribution in [2.24, 2.45) is 12.8 Å². The number of aromatic nitrogens is 2. The highest BCUT2D eigenvalue weighted by atomic mass is 32.1. The molecular formula is C12H10F3N3OS. The highest BCUT2D eigenvalue weighted by Crippen LogP contribution is 2.34. The third kappa shape index (κ3) is 3.08. The predicted molar refractivity (Wildman–Crippen MR) is 69.8 cm³/mol. The Hall–Kier alpha value is -2.09. The molecule has 0 aliphatic carbocycles. The average Bonchev–Trinajstić information content (AvgIpc) is 2.91. The van der Waals surface area contributed by atoms with Gasteiger partial charge in [0.15, 0.2) is 5.69 Å². The largest absolute Gasteiger partial charge is 0.435 e. The molecule has 2 N–H and O–H groups in total. The molecule has 20 heavy (non-hydrogen) atoms. The molecule has 2 heterocycles. The zero-order valence-electron chi connectivity index (χ0n) is 10.3. The fourth-order valence-corrected chi connectivity index (χ4v) is 2.54. The summed E-state index contributed by atoms with van der Waals surface area (Å²) in [6.07, 6.45) is -1.76. The summed E-state index contributed by atoms with van der Waals surface area (Å²) >= 11 is 1.24. The highest BCUT2D eigenvalue weighted by molar-refractivity contribution is 7.16. The quantitative estimate of drug-likeness (QED) is 0.886. The van der Waals surface area contributed by atoms with Gasteiger partial charge in [0.2, 0.25) is 5.91 Å². The van der Waals surface area contributed by atoms with E-state index in [-0.39, 0.29) is 0 Å². The van der Waals surface area contributed by atoms with Crippen molar-refractivity contribution in [2.75, 3.05) is 0 Å². The Labute approximate surface area is 116 Å². The minimum atomic E-state index is -4.47. The van der Waals surface area contributed by atoms with Crippen LogP contribution in [0.5, 0.6) is 0 Å². The van der Waals surface area contributed by atoms with E-state index >= 15 is 0 Å². The predicted octanol–water partition coefficient (Wildman–Crippen LogP) is 2.67. The molecule has 2 rings (SSSR count). The molecule has 0 saturated heterocycles. The van der Waals surface area contributed by atoms with Crippen LogP contribution in [-0.2, 0) is 18.0 Å². The van der Waals surface area contributed by atoms with Crippen molar-refractivity contribution in [1.29, 1.82) is 0 Å². The number of hydrogen-bond acceptors (Lipinski definition) is 3. The fraction of sp³-hybridized carbons (Fsp3) is 0.167. The molecule has 0 unspecified atom stereocenters. The molecule has 0 aromatic carbocycles. The van der Waals surface area contributed by atoms with Crippen molar-refractivity contribution in [3.05, 3.63) is 34.8 Å². The van der Waals surface area contributed by atoms with E-state index in [0.717, 1.165) is 6.07 Å². The van der Waals surface area contributed by atoms with E-state index < -0.39 is 17.8 Å². The first-order valence-electron chi connectivity index (χ1n) is 5.46.